The van der Waals surface area contributed by atoms with Gasteiger partial charge in [-0.05, 0) is 43.9 Å². The topological polar surface area (TPSA) is 12.0 Å². The van der Waals surface area contributed by atoms with Crippen LogP contribution < -0.4 is 5.32 Å². The summed E-state index contributed by atoms with van der Waals surface area (Å²) in [5.74, 6) is -0.764. The minimum atomic E-state index is -0.762. The molecule has 1 aromatic carbocycles. The molecule has 17 heavy (non-hydrogen) atoms. The summed E-state index contributed by atoms with van der Waals surface area (Å²) in [5.41, 5.74) is 0.464. The Balaban J connectivity index is 2.90. The van der Waals surface area contributed by atoms with Crippen molar-refractivity contribution in [2.45, 2.75) is 33.2 Å². The predicted octanol–water partition coefficient (Wildman–Crippen LogP) is 3.39. The summed E-state index contributed by atoms with van der Waals surface area (Å²) < 4.78 is 26.7. The Morgan fingerprint density at radius 3 is 2.35 bits per heavy atom. The lowest BCUT2D eigenvalue weighted by atomic mass is 9.84. The van der Waals surface area contributed by atoms with Gasteiger partial charge in [0, 0.05) is 6.04 Å². The van der Waals surface area contributed by atoms with Gasteiger partial charge < -0.3 is 5.32 Å². The Morgan fingerprint density at radius 1 is 1.18 bits per heavy atom. The molecule has 0 bridgehead atoms. The number of halogens is 2. The molecular formula is C14H21F2N. The van der Waals surface area contributed by atoms with Crippen LogP contribution in [0.1, 0.15) is 26.3 Å². The van der Waals surface area contributed by atoms with Gasteiger partial charge in [0.25, 0.3) is 0 Å². The molecule has 0 aromatic heterocycles. The highest BCUT2D eigenvalue weighted by atomic mass is 19.2. The molecule has 0 amide bonds. The summed E-state index contributed by atoms with van der Waals surface area (Å²) in [6.45, 7) is 6.29. The highest BCUT2D eigenvalue weighted by Gasteiger charge is 2.22. The van der Waals surface area contributed by atoms with E-state index in [0.29, 0.717) is 17.9 Å². The van der Waals surface area contributed by atoms with Crippen molar-refractivity contribution in [3.8, 4) is 0 Å². The molecule has 2 unspecified atom stereocenters. The minimum absolute atomic E-state index is 0.276. The first-order valence-electron chi connectivity index (χ1n) is 6.07. The minimum Gasteiger partial charge on any atom is -0.317 e. The Hall–Kier alpha value is -0.960. The van der Waals surface area contributed by atoms with E-state index >= 15 is 0 Å². The van der Waals surface area contributed by atoms with Gasteiger partial charge in [0.2, 0.25) is 0 Å². The van der Waals surface area contributed by atoms with E-state index in [-0.39, 0.29) is 12.0 Å². The Kier molecular flexibility index (Phi) is 5.06. The summed E-state index contributed by atoms with van der Waals surface area (Å²) in [4.78, 5) is 0. The molecule has 3 heteroatoms. The van der Waals surface area contributed by atoms with Gasteiger partial charge in [-0.1, -0.05) is 26.0 Å². The van der Waals surface area contributed by atoms with Crippen LogP contribution in [-0.4, -0.2) is 13.1 Å². The number of nitrogens with one attached hydrogen (secondary N) is 1. The molecule has 2 atom stereocenters. The number of hydrogen-bond acceptors (Lipinski definition) is 1. The van der Waals surface area contributed by atoms with Crippen LogP contribution in [0.15, 0.2) is 18.2 Å². The van der Waals surface area contributed by atoms with Crippen molar-refractivity contribution in [3.63, 3.8) is 0 Å². The summed E-state index contributed by atoms with van der Waals surface area (Å²) in [7, 11) is 1.89. The third-order valence-corrected chi connectivity index (χ3v) is 3.44. The van der Waals surface area contributed by atoms with Crippen molar-refractivity contribution in [1.29, 1.82) is 0 Å². The Morgan fingerprint density at radius 2 is 1.82 bits per heavy atom. The monoisotopic (exact) mass is 241 g/mol. The summed E-state index contributed by atoms with van der Waals surface area (Å²) in [6, 6.07) is 4.66. The van der Waals surface area contributed by atoms with E-state index in [1.807, 2.05) is 7.05 Å². The average Bonchev–Trinajstić information content (AvgIpc) is 2.29. The molecule has 0 aliphatic rings. The fourth-order valence-electron chi connectivity index (χ4n) is 2.16. The third-order valence-electron chi connectivity index (χ3n) is 3.44. The summed E-state index contributed by atoms with van der Waals surface area (Å²) >= 11 is 0. The second kappa shape index (κ2) is 6.10. The molecule has 0 heterocycles. The molecule has 0 saturated carbocycles. The normalized spacial score (nSPS) is 15.0. The molecule has 0 fully saturated rings. The van der Waals surface area contributed by atoms with Gasteiger partial charge in [0.05, 0.1) is 0 Å². The van der Waals surface area contributed by atoms with Crippen LogP contribution in [0, 0.1) is 23.5 Å². The number of hydrogen-bond donors (Lipinski definition) is 1. The molecule has 1 aromatic rings. The van der Waals surface area contributed by atoms with Gasteiger partial charge in [0.15, 0.2) is 11.6 Å². The fraction of sp³-hybridized carbons (Fsp3) is 0.571. The van der Waals surface area contributed by atoms with Crippen LogP contribution in [0.4, 0.5) is 8.78 Å². The average molecular weight is 241 g/mol. The molecule has 1 rings (SSSR count). The fourth-order valence-corrected chi connectivity index (χ4v) is 2.16. The van der Waals surface area contributed by atoms with Crippen molar-refractivity contribution in [1.82, 2.24) is 5.32 Å². The van der Waals surface area contributed by atoms with Crippen LogP contribution in [0.25, 0.3) is 0 Å². The van der Waals surface area contributed by atoms with E-state index in [0.717, 1.165) is 6.07 Å². The van der Waals surface area contributed by atoms with Crippen molar-refractivity contribution in [2.24, 2.45) is 11.8 Å². The molecule has 0 aliphatic carbocycles. The molecule has 0 saturated heterocycles. The Labute approximate surface area is 102 Å². The Bertz CT molecular complexity index is 363. The van der Waals surface area contributed by atoms with Gasteiger partial charge in [-0.2, -0.15) is 0 Å². The van der Waals surface area contributed by atoms with E-state index in [9.17, 15) is 8.78 Å². The molecular weight excluding hydrogens is 220 g/mol. The summed E-state index contributed by atoms with van der Waals surface area (Å²) in [6.07, 6.45) is 0.559. The van der Waals surface area contributed by atoms with E-state index in [2.05, 4.69) is 26.1 Å². The van der Waals surface area contributed by atoms with Crippen LogP contribution >= 0.6 is 0 Å². The quantitative estimate of drug-likeness (QED) is 0.833. The lowest BCUT2D eigenvalue weighted by Gasteiger charge is -2.27. The third kappa shape index (κ3) is 3.50. The second-order valence-corrected chi connectivity index (χ2v) is 4.90. The lowest BCUT2D eigenvalue weighted by molar-refractivity contribution is 0.296. The van der Waals surface area contributed by atoms with Crippen LogP contribution in [0.3, 0.4) is 0 Å². The lowest BCUT2D eigenvalue weighted by Crippen LogP contribution is -2.35. The van der Waals surface area contributed by atoms with E-state index in [4.69, 9.17) is 0 Å². The van der Waals surface area contributed by atoms with Crippen LogP contribution in [-0.2, 0) is 6.42 Å². The smallest absolute Gasteiger partial charge is 0.162 e. The SMILES string of the molecule is CNC(C)C(Cc1cccc(F)c1F)C(C)C. The zero-order valence-corrected chi connectivity index (χ0v) is 10.9. The van der Waals surface area contributed by atoms with Crippen LogP contribution in [0.2, 0.25) is 0 Å². The molecule has 0 radical (unpaired) electrons. The second-order valence-electron chi connectivity index (χ2n) is 4.90. The maximum absolute atomic E-state index is 13.6. The van der Waals surface area contributed by atoms with Gasteiger partial charge >= 0.3 is 0 Å². The van der Waals surface area contributed by atoms with Crippen molar-refractivity contribution in [3.05, 3.63) is 35.4 Å². The van der Waals surface area contributed by atoms with E-state index in [1.165, 1.54) is 0 Å². The van der Waals surface area contributed by atoms with E-state index < -0.39 is 11.6 Å². The maximum Gasteiger partial charge on any atom is 0.162 e. The van der Waals surface area contributed by atoms with Gasteiger partial charge in [-0.25, -0.2) is 8.78 Å². The number of benzene rings is 1. The molecule has 0 spiro atoms. The first kappa shape index (κ1) is 14.1. The molecule has 1 nitrogen and oxygen atoms in total. The predicted molar refractivity (Wildman–Crippen MR) is 66.9 cm³/mol. The van der Waals surface area contributed by atoms with E-state index in [1.54, 1.807) is 12.1 Å². The zero-order chi connectivity index (χ0) is 13.0. The van der Waals surface area contributed by atoms with Gasteiger partial charge in [-0.15, -0.1) is 0 Å². The van der Waals surface area contributed by atoms with Gasteiger partial charge in [0.1, 0.15) is 0 Å². The number of rotatable bonds is 5. The van der Waals surface area contributed by atoms with Crippen molar-refractivity contribution >= 4 is 0 Å². The summed E-state index contributed by atoms with van der Waals surface area (Å²) in [5, 5.41) is 3.18. The van der Waals surface area contributed by atoms with Crippen molar-refractivity contribution < 1.29 is 8.78 Å². The molecule has 0 aliphatic heterocycles. The molecule has 1 N–H and O–H groups in total. The van der Waals surface area contributed by atoms with Crippen LogP contribution in [0.5, 0.6) is 0 Å². The highest BCUT2D eigenvalue weighted by molar-refractivity contribution is 5.19. The first-order valence-corrected chi connectivity index (χ1v) is 6.07. The standard InChI is InChI=1S/C14H21F2N/c1-9(2)12(10(3)17-4)8-11-6-5-7-13(15)14(11)16/h5-7,9-10,12,17H,8H2,1-4H3. The maximum atomic E-state index is 13.6. The first-order chi connectivity index (χ1) is 7.97. The van der Waals surface area contributed by atoms with Crippen molar-refractivity contribution in [2.75, 3.05) is 7.05 Å². The highest BCUT2D eigenvalue weighted by Crippen LogP contribution is 2.23. The zero-order valence-electron chi connectivity index (χ0n) is 10.9. The van der Waals surface area contributed by atoms with Gasteiger partial charge in [-0.3, -0.25) is 0 Å². The molecule has 96 valence electrons. The largest absolute Gasteiger partial charge is 0.317 e.